The van der Waals surface area contributed by atoms with E-state index in [0.717, 1.165) is 10.6 Å². The fraction of sp³-hybridized carbons (Fsp3) is 0.267. The molecule has 3 amide bonds. The molecule has 0 fully saturated rings. The number of aliphatic carboxylic acids is 1. The number of anilines is 3. The molecule has 40 heavy (non-hydrogen) atoms. The van der Waals surface area contributed by atoms with Crippen molar-refractivity contribution in [3.05, 3.63) is 89.5 Å². The summed E-state index contributed by atoms with van der Waals surface area (Å²) in [6.07, 6.45) is 0.151. The summed E-state index contributed by atoms with van der Waals surface area (Å²) in [5, 5.41) is 16.6. The second-order valence-electron chi connectivity index (χ2n) is 9.70. The summed E-state index contributed by atoms with van der Waals surface area (Å²) in [6.45, 7) is 5.66. The number of carbonyl (C=O) groups is 4. The van der Waals surface area contributed by atoms with Crippen molar-refractivity contribution in [3.63, 3.8) is 0 Å². The molecule has 10 nitrogen and oxygen atoms in total. The van der Waals surface area contributed by atoms with Crippen LogP contribution in [0.25, 0.3) is 0 Å². The summed E-state index contributed by atoms with van der Waals surface area (Å²) in [5.74, 6) is -2.09. The third kappa shape index (κ3) is 8.32. The summed E-state index contributed by atoms with van der Waals surface area (Å²) < 4.78 is 4.71. The van der Waals surface area contributed by atoms with E-state index in [1.165, 1.54) is 19.2 Å². The number of nitrogens with zero attached hydrogens (tertiary/aromatic N) is 1. The highest BCUT2D eigenvalue weighted by atomic mass is 16.5. The molecule has 0 saturated carbocycles. The second-order valence-corrected chi connectivity index (χ2v) is 9.70. The first kappa shape index (κ1) is 29.7. The monoisotopic (exact) mass is 546 g/mol. The summed E-state index contributed by atoms with van der Waals surface area (Å²) in [6, 6.07) is 18.8. The number of nitrogens with one attached hydrogen (secondary N) is 3. The van der Waals surface area contributed by atoms with E-state index in [4.69, 9.17) is 4.74 Å². The molecule has 4 N–H and O–H groups in total. The number of methoxy groups -OCH3 is 1. The highest BCUT2D eigenvalue weighted by Crippen LogP contribution is 2.20. The van der Waals surface area contributed by atoms with Gasteiger partial charge in [0.05, 0.1) is 24.8 Å². The van der Waals surface area contributed by atoms with Gasteiger partial charge in [-0.05, 0) is 72.9 Å². The molecule has 0 radical (unpaired) electrons. The fourth-order valence-electron chi connectivity index (χ4n) is 3.98. The highest BCUT2D eigenvalue weighted by Gasteiger charge is 2.31. The van der Waals surface area contributed by atoms with Crippen molar-refractivity contribution >= 4 is 40.9 Å². The van der Waals surface area contributed by atoms with E-state index in [-0.39, 0.29) is 18.8 Å². The first-order valence-electron chi connectivity index (χ1n) is 12.8. The third-order valence-corrected chi connectivity index (χ3v) is 6.08. The van der Waals surface area contributed by atoms with Crippen LogP contribution < -0.4 is 16.1 Å². The first-order valence-corrected chi connectivity index (χ1v) is 12.8. The van der Waals surface area contributed by atoms with Crippen LogP contribution in [-0.2, 0) is 20.7 Å². The molecule has 0 aliphatic rings. The van der Waals surface area contributed by atoms with Gasteiger partial charge in [-0.25, -0.2) is 19.4 Å². The number of hydrazine groups is 1. The van der Waals surface area contributed by atoms with E-state index in [1.807, 2.05) is 39.0 Å². The zero-order valence-electron chi connectivity index (χ0n) is 22.9. The summed E-state index contributed by atoms with van der Waals surface area (Å²) >= 11 is 0. The number of para-hydroxylation sites is 1. The Morgan fingerprint density at radius 2 is 1.50 bits per heavy atom. The van der Waals surface area contributed by atoms with E-state index >= 15 is 0 Å². The molecule has 0 saturated heterocycles. The maximum absolute atomic E-state index is 13.4. The van der Waals surface area contributed by atoms with Crippen molar-refractivity contribution in [1.29, 1.82) is 0 Å². The minimum Gasteiger partial charge on any atom is -0.480 e. The number of rotatable bonds is 11. The molecular formula is C30H34N4O6. The maximum atomic E-state index is 13.4. The Hall–Kier alpha value is -4.86. The quantitative estimate of drug-likeness (QED) is 0.189. The Morgan fingerprint density at radius 1 is 0.875 bits per heavy atom. The standard InChI is InChI=1S/C30H34N4O6/c1-19(2)17-26(28(36)37)34(33-24-15-11-22(12-16-24)29(38)40-4)27(35)18-21-9-13-23(14-10-21)31-30(39)32-25-8-6-5-7-20(25)3/h5-16,19,26,33H,17-18H2,1-4H3,(H,36,37)(H2,31,32,39)/t26-/m0/s1. The van der Waals surface area contributed by atoms with Crippen LogP contribution in [0.2, 0.25) is 0 Å². The lowest BCUT2D eigenvalue weighted by Crippen LogP contribution is -2.49. The average Bonchev–Trinajstić information content (AvgIpc) is 2.92. The molecule has 0 bridgehead atoms. The van der Waals surface area contributed by atoms with Crippen LogP contribution in [0.15, 0.2) is 72.8 Å². The predicted molar refractivity (Wildman–Crippen MR) is 153 cm³/mol. The van der Waals surface area contributed by atoms with Crippen molar-refractivity contribution in [3.8, 4) is 0 Å². The summed E-state index contributed by atoms with van der Waals surface area (Å²) in [5.41, 5.74) is 6.48. The Bertz CT molecular complexity index is 1340. The van der Waals surface area contributed by atoms with Gasteiger partial charge < -0.3 is 20.5 Å². The number of hydrogen-bond donors (Lipinski definition) is 4. The van der Waals surface area contributed by atoms with Gasteiger partial charge in [0.2, 0.25) is 5.91 Å². The van der Waals surface area contributed by atoms with Crippen LogP contribution in [0.1, 0.15) is 41.8 Å². The van der Waals surface area contributed by atoms with Gasteiger partial charge in [0, 0.05) is 11.4 Å². The molecule has 3 rings (SSSR count). The third-order valence-electron chi connectivity index (χ3n) is 6.08. The molecule has 3 aromatic carbocycles. The number of amides is 3. The lowest BCUT2D eigenvalue weighted by Gasteiger charge is -2.31. The molecular weight excluding hydrogens is 512 g/mol. The topological polar surface area (TPSA) is 137 Å². The Morgan fingerprint density at radius 3 is 2.08 bits per heavy atom. The lowest BCUT2D eigenvalue weighted by atomic mass is 10.0. The molecule has 3 aromatic rings. The maximum Gasteiger partial charge on any atom is 0.337 e. The van der Waals surface area contributed by atoms with Gasteiger partial charge in [0.25, 0.3) is 0 Å². The predicted octanol–water partition coefficient (Wildman–Crippen LogP) is 5.32. The average molecular weight is 547 g/mol. The summed E-state index contributed by atoms with van der Waals surface area (Å²) in [7, 11) is 1.28. The molecule has 0 aromatic heterocycles. The SMILES string of the molecule is COC(=O)c1ccc(NN(C(=O)Cc2ccc(NC(=O)Nc3ccccc3C)cc2)[C@@H](CC(C)C)C(=O)O)cc1. The Balaban J connectivity index is 1.73. The minimum absolute atomic E-state index is 0.0103. The van der Waals surface area contributed by atoms with Crippen LogP contribution in [0.4, 0.5) is 21.9 Å². The number of benzene rings is 3. The molecule has 0 aliphatic carbocycles. The number of ether oxygens (including phenoxy) is 1. The molecule has 0 spiro atoms. The molecule has 1 atom stereocenters. The van der Waals surface area contributed by atoms with Gasteiger partial charge in [-0.2, -0.15) is 0 Å². The molecule has 0 unspecified atom stereocenters. The number of carboxylic acids is 1. The van der Waals surface area contributed by atoms with Crippen LogP contribution >= 0.6 is 0 Å². The van der Waals surface area contributed by atoms with Crippen molar-refractivity contribution in [2.75, 3.05) is 23.2 Å². The van der Waals surface area contributed by atoms with Gasteiger partial charge >= 0.3 is 18.0 Å². The minimum atomic E-state index is -1.14. The number of carboxylic acid groups (broad SMARTS) is 1. The largest absolute Gasteiger partial charge is 0.480 e. The Kier molecular flexibility index (Phi) is 10.2. The van der Waals surface area contributed by atoms with E-state index in [2.05, 4.69) is 16.1 Å². The van der Waals surface area contributed by atoms with Crippen molar-refractivity contribution in [1.82, 2.24) is 5.01 Å². The van der Waals surface area contributed by atoms with Crippen molar-refractivity contribution < 1.29 is 29.0 Å². The van der Waals surface area contributed by atoms with E-state index in [0.29, 0.717) is 28.2 Å². The van der Waals surface area contributed by atoms with Gasteiger partial charge in [-0.3, -0.25) is 10.2 Å². The molecule has 0 aliphatic heterocycles. The highest BCUT2D eigenvalue weighted by molar-refractivity contribution is 6.00. The first-order chi connectivity index (χ1) is 19.1. The number of urea groups is 1. The van der Waals surface area contributed by atoms with E-state index < -0.39 is 29.9 Å². The van der Waals surface area contributed by atoms with Gasteiger partial charge in [-0.1, -0.05) is 44.2 Å². The fourth-order valence-corrected chi connectivity index (χ4v) is 3.98. The van der Waals surface area contributed by atoms with Crippen LogP contribution in [0.3, 0.4) is 0 Å². The van der Waals surface area contributed by atoms with Crippen LogP contribution in [-0.4, -0.2) is 47.1 Å². The number of carbonyl (C=O) groups excluding carboxylic acids is 3. The molecule has 0 heterocycles. The second kappa shape index (κ2) is 13.8. The molecule has 10 heteroatoms. The summed E-state index contributed by atoms with van der Waals surface area (Å²) in [4.78, 5) is 49.7. The van der Waals surface area contributed by atoms with Crippen molar-refractivity contribution in [2.24, 2.45) is 5.92 Å². The lowest BCUT2D eigenvalue weighted by molar-refractivity contribution is -0.149. The van der Waals surface area contributed by atoms with Crippen LogP contribution in [0, 0.1) is 12.8 Å². The van der Waals surface area contributed by atoms with Crippen molar-refractivity contribution in [2.45, 2.75) is 39.7 Å². The Labute approximate surface area is 233 Å². The van der Waals surface area contributed by atoms with E-state index in [1.54, 1.807) is 42.5 Å². The number of aryl methyl sites for hydroxylation is 1. The van der Waals surface area contributed by atoms with Gasteiger partial charge in [0.1, 0.15) is 0 Å². The normalized spacial score (nSPS) is 11.3. The number of hydrogen-bond acceptors (Lipinski definition) is 6. The number of esters is 1. The van der Waals surface area contributed by atoms with Crippen LogP contribution in [0.5, 0.6) is 0 Å². The zero-order chi connectivity index (χ0) is 29.2. The van der Waals surface area contributed by atoms with Gasteiger partial charge in [0.15, 0.2) is 6.04 Å². The van der Waals surface area contributed by atoms with E-state index in [9.17, 15) is 24.3 Å². The zero-order valence-corrected chi connectivity index (χ0v) is 22.9. The van der Waals surface area contributed by atoms with Gasteiger partial charge in [-0.15, -0.1) is 0 Å². The molecule has 210 valence electrons. The smallest absolute Gasteiger partial charge is 0.337 e.